The Balaban J connectivity index is 1.83. The minimum absolute atomic E-state index is 0.146. The molecule has 1 aromatic heterocycles. The van der Waals surface area contributed by atoms with Gasteiger partial charge in [-0.15, -0.1) is 0 Å². The van der Waals surface area contributed by atoms with Crippen molar-refractivity contribution in [3.63, 3.8) is 0 Å². The van der Waals surface area contributed by atoms with Crippen molar-refractivity contribution in [2.75, 3.05) is 13.6 Å². The Morgan fingerprint density at radius 2 is 1.88 bits per heavy atom. The van der Waals surface area contributed by atoms with Crippen molar-refractivity contribution in [2.24, 2.45) is 0 Å². The van der Waals surface area contributed by atoms with Gasteiger partial charge in [0.15, 0.2) is 0 Å². The highest BCUT2D eigenvalue weighted by Crippen LogP contribution is 2.34. The first-order chi connectivity index (χ1) is 12.6. The van der Waals surface area contributed by atoms with Crippen molar-refractivity contribution in [3.05, 3.63) is 65.2 Å². The van der Waals surface area contributed by atoms with Crippen LogP contribution >= 0.6 is 11.6 Å². The average Bonchev–Trinajstić information content (AvgIpc) is 2.67. The summed E-state index contributed by atoms with van der Waals surface area (Å²) in [4.78, 5) is 7.10. The molecule has 2 aromatic carbocycles. The van der Waals surface area contributed by atoms with Gasteiger partial charge in [-0.05, 0) is 56.3 Å². The first kappa shape index (κ1) is 17.5. The number of aliphatic hydroxyl groups is 1. The normalized spacial score (nSPS) is 19.6. The molecule has 0 aliphatic carbocycles. The summed E-state index contributed by atoms with van der Waals surface area (Å²) in [6, 6.07) is 17.9. The first-order valence-electron chi connectivity index (χ1n) is 9.17. The summed E-state index contributed by atoms with van der Waals surface area (Å²) >= 11 is 6.03. The molecule has 0 radical (unpaired) electrons. The summed E-state index contributed by atoms with van der Waals surface area (Å²) in [7, 11) is 2.11. The largest absolute Gasteiger partial charge is 0.387 e. The van der Waals surface area contributed by atoms with Crippen molar-refractivity contribution >= 4 is 22.5 Å². The highest BCUT2D eigenvalue weighted by atomic mass is 35.5. The number of nitrogens with zero attached hydrogens (tertiary/aromatic N) is 2. The van der Waals surface area contributed by atoms with Gasteiger partial charge in [-0.2, -0.15) is 0 Å². The van der Waals surface area contributed by atoms with E-state index in [9.17, 15) is 5.11 Å². The number of hydrogen-bond acceptors (Lipinski definition) is 3. The van der Waals surface area contributed by atoms with Crippen LogP contribution in [0.1, 0.15) is 30.9 Å². The van der Waals surface area contributed by atoms with Gasteiger partial charge < -0.3 is 10.0 Å². The van der Waals surface area contributed by atoms with E-state index < -0.39 is 6.10 Å². The molecule has 2 atom stereocenters. The van der Waals surface area contributed by atoms with E-state index in [0.29, 0.717) is 5.02 Å². The van der Waals surface area contributed by atoms with Crippen molar-refractivity contribution in [2.45, 2.75) is 31.4 Å². The van der Waals surface area contributed by atoms with E-state index in [4.69, 9.17) is 16.6 Å². The molecular weight excluding hydrogens is 344 g/mol. The molecule has 3 nitrogen and oxygen atoms in total. The van der Waals surface area contributed by atoms with Gasteiger partial charge in [0.05, 0.1) is 17.3 Å². The van der Waals surface area contributed by atoms with Gasteiger partial charge in [-0.25, -0.2) is 4.98 Å². The zero-order valence-corrected chi connectivity index (χ0v) is 15.7. The summed E-state index contributed by atoms with van der Waals surface area (Å²) in [5.41, 5.74) is 3.74. The van der Waals surface area contributed by atoms with E-state index in [0.717, 1.165) is 40.7 Å². The number of likely N-dealkylation sites (tertiary alicyclic amines) is 1. The molecule has 1 aliphatic heterocycles. The third-order valence-electron chi connectivity index (χ3n) is 5.40. The van der Waals surface area contributed by atoms with Crippen molar-refractivity contribution in [1.29, 1.82) is 0 Å². The number of benzene rings is 2. The quantitative estimate of drug-likeness (QED) is 0.702. The number of halogens is 1. The van der Waals surface area contributed by atoms with Crippen LogP contribution in [-0.4, -0.2) is 34.6 Å². The molecule has 4 heteroatoms. The van der Waals surface area contributed by atoms with Crippen LogP contribution < -0.4 is 0 Å². The Labute approximate surface area is 159 Å². The fraction of sp³-hybridized carbons (Fsp3) is 0.318. The number of pyridine rings is 1. The number of aromatic nitrogens is 1. The minimum Gasteiger partial charge on any atom is -0.387 e. The van der Waals surface area contributed by atoms with Crippen LogP contribution in [0.15, 0.2) is 54.6 Å². The number of fused-ring (bicyclic) bond motifs is 1. The molecule has 0 amide bonds. The zero-order chi connectivity index (χ0) is 18.1. The van der Waals surface area contributed by atoms with Gasteiger partial charge >= 0.3 is 0 Å². The fourth-order valence-electron chi connectivity index (χ4n) is 3.92. The van der Waals surface area contributed by atoms with Gasteiger partial charge in [0.2, 0.25) is 0 Å². The molecule has 1 saturated heterocycles. The molecule has 0 saturated carbocycles. The number of para-hydroxylation sites is 1. The van der Waals surface area contributed by atoms with Crippen LogP contribution in [0, 0.1) is 0 Å². The maximum absolute atomic E-state index is 11.2. The fourth-order valence-corrected chi connectivity index (χ4v) is 4.05. The standard InChI is InChI=1S/C22H23ClN2O/c1-25-13-5-4-8-21(25)22(26)18-14-20(15-9-11-16(23)12-10-15)24-19-7-3-2-6-17(18)19/h2-3,6-7,9-12,14,21-22,26H,4-5,8,13H2,1H3. The van der Waals surface area contributed by atoms with Crippen LogP contribution in [0.2, 0.25) is 5.02 Å². The SMILES string of the molecule is CN1CCCCC1C(O)c1cc(-c2ccc(Cl)cc2)nc2ccccc12. The lowest BCUT2D eigenvalue weighted by molar-refractivity contribution is 0.0412. The maximum Gasteiger partial charge on any atom is 0.0952 e. The highest BCUT2D eigenvalue weighted by Gasteiger charge is 2.28. The Morgan fingerprint density at radius 3 is 2.65 bits per heavy atom. The van der Waals surface area contributed by atoms with Gasteiger partial charge in [0.1, 0.15) is 0 Å². The van der Waals surface area contributed by atoms with Crippen LogP contribution in [-0.2, 0) is 0 Å². The van der Waals surface area contributed by atoms with Crippen LogP contribution in [0.3, 0.4) is 0 Å². The molecule has 0 spiro atoms. The van der Waals surface area contributed by atoms with E-state index in [2.05, 4.69) is 18.0 Å². The lowest BCUT2D eigenvalue weighted by Gasteiger charge is -2.36. The average molecular weight is 367 g/mol. The predicted octanol–water partition coefficient (Wildman–Crippen LogP) is 5.07. The second kappa shape index (κ2) is 7.36. The number of hydrogen-bond donors (Lipinski definition) is 1. The predicted molar refractivity (Wildman–Crippen MR) is 107 cm³/mol. The van der Waals surface area contributed by atoms with Gasteiger partial charge in [-0.1, -0.05) is 48.4 Å². The molecule has 3 aromatic rings. The number of piperidine rings is 1. The third kappa shape index (κ3) is 3.35. The number of rotatable bonds is 3. The van der Waals surface area contributed by atoms with Crippen molar-refractivity contribution in [1.82, 2.24) is 9.88 Å². The Morgan fingerprint density at radius 1 is 1.12 bits per heavy atom. The van der Waals surface area contributed by atoms with Crippen molar-refractivity contribution < 1.29 is 5.11 Å². The van der Waals surface area contributed by atoms with E-state index in [1.54, 1.807) is 0 Å². The molecule has 2 heterocycles. The van der Waals surface area contributed by atoms with E-state index in [-0.39, 0.29) is 6.04 Å². The van der Waals surface area contributed by atoms with Crippen LogP contribution in [0.5, 0.6) is 0 Å². The lowest BCUT2D eigenvalue weighted by atomic mass is 9.91. The van der Waals surface area contributed by atoms with E-state index >= 15 is 0 Å². The maximum atomic E-state index is 11.2. The second-order valence-corrected chi connectivity index (χ2v) is 7.55. The molecule has 1 aliphatic rings. The van der Waals surface area contributed by atoms with Crippen LogP contribution in [0.4, 0.5) is 0 Å². The summed E-state index contributed by atoms with van der Waals surface area (Å²) in [5.74, 6) is 0. The number of aliphatic hydroxyl groups excluding tert-OH is 1. The van der Waals surface area contributed by atoms with E-state index in [1.807, 2.05) is 48.5 Å². The molecular formula is C22H23ClN2O. The summed E-state index contributed by atoms with van der Waals surface area (Å²) in [6.07, 6.45) is 2.86. The van der Waals surface area contributed by atoms with Gasteiger partial charge in [0.25, 0.3) is 0 Å². The molecule has 4 rings (SSSR count). The van der Waals surface area contributed by atoms with Gasteiger partial charge in [0, 0.05) is 22.0 Å². The Kier molecular flexibility index (Phi) is 4.94. The molecule has 0 bridgehead atoms. The zero-order valence-electron chi connectivity index (χ0n) is 14.9. The van der Waals surface area contributed by atoms with Crippen LogP contribution in [0.25, 0.3) is 22.2 Å². The minimum atomic E-state index is -0.528. The summed E-state index contributed by atoms with van der Waals surface area (Å²) < 4.78 is 0. The smallest absolute Gasteiger partial charge is 0.0952 e. The topological polar surface area (TPSA) is 36.4 Å². The molecule has 2 unspecified atom stereocenters. The highest BCUT2D eigenvalue weighted by molar-refractivity contribution is 6.30. The lowest BCUT2D eigenvalue weighted by Crippen LogP contribution is -2.40. The molecule has 1 fully saturated rings. The summed E-state index contributed by atoms with van der Waals surface area (Å²) in [6.45, 7) is 1.04. The molecule has 134 valence electrons. The third-order valence-corrected chi connectivity index (χ3v) is 5.65. The number of likely N-dealkylation sites (N-methyl/N-ethyl adjacent to an activating group) is 1. The molecule has 26 heavy (non-hydrogen) atoms. The first-order valence-corrected chi connectivity index (χ1v) is 9.55. The van der Waals surface area contributed by atoms with E-state index in [1.165, 1.54) is 12.8 Å². The monoisotopic (exact) mass is 366 g/mol. The Bertz CT molecular complexity index is 910. The Hall–Kier alpha value is -1.94. The molecule has 1 N–H and O–H groups in total. The summed E-state index contributed by atoms with van der Waals surface area (Å²) in [5, 5.41) is 13.0. The second-order valence-electron chi connectivity index (χ2n) is 7.11. The van der Waals surface area contributed by atoms with Gasteiger partial charge in [-0.3, -0.25) is 0 Å². The van der Waals surface area contributed by atoms with Crippen molar-refractivity contribution in [3.8, 4) is 11.3 Å².